The maximum Gasteiger partial charge on any atom is 0.170 e. The highest BCUT2D eigenvalue weighted by molar-refractivity contribution is 7.07. The predicted molar refractivity (Wildman–Crippen MR) is 83.0 cm³/mol. The van der Waals surface area contributed by atoms with Crippen molar-refractivity contribution in [2.24, 2.45) is 0 Å². The number of nitrogens with zero attached hydrogens (tertiary/aromatic N) is 3. The summed E-state index contributed by atoms with van der Waals surface area (Å²) in [5.41, 5.74) is 4.62. The third-order valence-electron chi connectivity index (χ3n) is 3.47. The molecular weight excluding hydrogens is 286 g/mol. The van der Waals surface area contributed by atoms with Crippen LogP contribution in [-0.4, -0.2) is 41.6 Å². The molecule has 1 aliphatic rings. The van der Waals surface area contributed by atoms with Gasteiger partial charge in [0.1, 0.15) is 5.69 Å². The average Bonchev–Trinajstić information content (AvgIpc) is 2.99. The predicted octanol–water partition coefficient (Wildman–Crippen LogP) is 2.63. The number of morpholine rings is 1. The lowest BCUT2D eigenvalue weighted by molar-refractivity contribution is -0.00527. The molecule has 0 radical (unpaired) electrons. The highest BCUT2D eigenvalue weighted by Gasteiger charge is 2.24. The molecular formula is C15H17N3O2S. The van der Waals surface area contributed by atoms with Gasteiger partial charge in [0.05, 0.1) is 34.8 Å². The number of aldehydes is 1. The summed E-state index contributed by atoms with van der Waals surface area (Å²) in [6.07, 6.45) is 1.11. The second kappa shape index (κ2) is 5.91. The van der Waals surface area contributed by atoms with Crippen LogP contribution in [0, 0.1) is 0 Å². The second-order valence-corrected chi connectivity index (χ2v) is 5.97. The Morgan fingerprint density at radius 2 is 2.05 bits per heavy atom. The van der Waals surface area contributed by atoms with E-state index in [2.05, 4.69) is 14.9 Å². The SMILES string of the molecule is CC1CN(c2ccc(-c3cscn3)nc2C=O)CC(C)O1. The number of thiazole rings is 1. The van der Waals surface area contributed by atoms with E-state index in [1.54, 1.807) is 5.51 Å². The third kappa shape index (κ3) is 2.96. The fraction of sp³-hybridized carbons (Fsp3) is 0.400. The first-order valence-electron chi connectivity index (χ1n) is 6.92. The molecule has 2 aromatic rings. The first kappa shape index (κ1) is 14.2. The number of carbonyl (C=O) groups excluding carboxylic acids is 1. The molecule has 2 unspecified atom stereocenters. The summed E-state index contributed by atoms with van der Waals surface area (Å²) in [6.45, 7) is 5.62. The third-order valence-corrected chi connectivity index (χ3v) is 4.06. The van der Waals surface area contributed by atoms with Gasteiger partial charge in [0, 0.05) is 18.5 Å². The van der Waals surface area contributed by atoms with Crippen molar-refractivity contribution in [3.05, 3.63) is 28.7 Å². The lowest BCUT2D eigenvalue weighted by atomic mass is 10.1. The van der Waals surface area contributed by atoms with Crippen molar-refractivity contribution < 1.29 is 9.53 Å². The maximum absolute atomic E-state index is 11.4. The largest absolute Gasteiger partial charge is 0.372 e. The molecule has 0 aromatic carbocycles. The zero-order valence-corrected chi connectivity index (χ0v) is 12.8. The highest BCUT2D eigenvalue weighted by atomic mass is 32.1. The first-order valence-corrected chi connectivity index (χ1v) is 7.87. The number of aromatic nitrogens is 2. The minimum absolute atomic E-state index is 0.145. The Morgan fingerprint density at radius 1 is 1.29 bits per heavy atom. The Labute approximate surface area is 127 Å². The monoisotopic (exact) mass is 303 g/mol. The average molecular weight is 303 g/mol. The molecule has 1 fully saturated rings. The Balaban J connectivity index is 1.94. The van der Waals surface area contributed by atoms with Crippen LogP contribution < -0.4 is 4.90 Å². The van der Waals surface area contributed by atoms with Crippen LogP contribution in [0.1, 0.15) is 24.3 Å². The second-order valence-electron chi connectivity index (χ2n) is 5.25. The number of pyridine rings is 1. The van der Waals surface area contributed by atoms with E-state index in [1.807, 2.05) is 31.4 Å². The van der Waals surface area contributed by atoms with Crippen LogP contribution >= 0.6 is 11.3 Å². The van der Waals surface area contributed by atoms with Crippen LogP contribution in [0.4, 0.5) is 5.69 Å². The summed E-state index contributed by atoms with van der Waals surface area (Å²) >= 11 is 1.51. The Kier molecular flexibility index (Phi) is 3.98. The Hall–Kier alpha value is -1.79. The van der Waals surface area contributed by atoms with Crippen LogP contribution in [0.3, 0.4) is 0 Å². The van der Waals surface area contributed by atoms with Gasteiger partial charge in [0.15, 0.2) is 6.29 Å². The van der Waals surface area contributed by atoms with E-state index in [0.29, 0.717) is 5.69 Å². The molecule has 3 rings (SSSR count). The molecule has 5 nitrogen and oxygen atoms in total. The minimum Gasteiger partial charge on any atom is -0.372 e. The number of ether oxygens (including phenoxy) is 1. The van der Waals surface area contributed by atoms with Crippen LogP contribution in [0.25, 0.3) is 11.4 Å². The fourth-order valence-corrected chi connectivity index (χ4v) is 3.22. The van der Waals surface area contributed by atoms with Gasteiger partial charge < -0.3 is 9.64 Å². The molecule has 0 saturated carbocycles. The lowest BCUT2D eigenvalue weighted by Gasteiger charge is -2.37. The van der Waals surface area contributed by atoms with Crippen molar-refractivity contribution in [3.8, 4) is 11.4 Å². The molecule has 0 aliphatic carbocycles. The van der Waals surface area contributed by atoms with Gasteiger partial charge in [-0.3, -0.25) is 4.79 Å². The van der Waals surface area contributed by atoms with Crippen LogP contribution in [0.5, 0.6) is 0 Å². The Bertz CT molecular complexity index is 620. The molecule has 0 N–H and O–H groups in total. The van der Waals surface area contributed by atoms with Crippen molar-refractivity contribution in [1.29, 1.82) is 0 Å². The fourth-order valence-electron chi connectivity index (χ4n) is 2.68. The summed E-state index contributed by atoms with van der Waals surface area (Å²) in [7, 11) is 0. The van der Waals surface area contributed by atoms with E-state index in [-0.39, 0.29) is 12.2 Å². The number of carbonyl (C=O) groups is 1. The van der Waals surface area contributed by atoms with Crippen molar-refractivity contribution in [2.75, 3.05) is 18.0 Å². The summed E-state index contributed by atoms with van der Waals surface area (Å²) < 4.78 is 5.73. The summed E-state index contributed by atoms with van der Waals surface area (Å²) in [5, 5.41) is 1.93. The Morgan fingerprint density at radius 3 is 2.67 bits per heavy atom. The molecule has 0 bridgehead atoms. The van der Waals surface area contributed by atoms with E-state index in [9.17, 15) is 4.79 Å². The number of hydrogen-bond acceptors (Lipinski definition) is 6. The van der Waals surface area contributed by atoms with Gasteiger partial charge in [-0.1, -0.05) is 0 Å². The smallest absolute Gasteiger partial charge is 0.170 e. The normalized spacial score (nSPS) is 22.3. The van der Waals surface area contributed by atoms with Crippen LogP contribution in [-0.2, 0) is 4.74 Å². The zero-order chi connectivity index (χ0) is 14.8. The first-order chi connectivity index (χ1) is 10.2. The van der Waals surface area contributed by atoms with Gasteiger partial charge in [-0.25, -0.2) is 9.97 Å². The summed E-state index contributed by atoms with van der Waals surface area (Å²) in [4.78, 5) is 22.3. The molecule has 21 heavy (non-hydrogen) atoms. The van der Waals surface area contributed by atoms with E-state index in [1.165, 1.54) is 11.3 Å². The number of rotatable bonds is 3. The quantitative estimate of drug-likeness (QED) is 0.816. The highest BCUT2D eigenvalue weighted by Crippen LogP contribution is 2.26. The molecule has 0 spiro atoms. The van der Waals surface area contributed by atoms with Gasteiger partial charge >= 0.3 is 0 Å². The molecule has 1 saturated heterocycles. The summed E-state index contributed by atoms with van der Waals surface area (Å²) in [5.74, 6) is 0. The van der Waals surface area contributed by atoms with Gasteiger partial charge in [-0.15, -0.1) is 11.3 Å². The molecule has 3 heterocycles. The van der Waals surface area contributed by atoms with Crippen molar-refractivity contribution in [3.63, 3.8) is 0 Å². The minimum atomic E-state index is 0.145. The van der Waals surface area contributed by atoms with Crippen molar-refractivity contribution in [1.82, 2.24) is 9.97 Å². The van der Waals surface area contributed by atoms with E-state index in [4.69, 9.17) is 4.74 Å². The zero-order valence-electron chi connectivity index (χ0n) is 12.0. The molecule has 110 valence electrons. The molecule has 1 aliphatic heterocycles. The lowest BCUT2D eigenvalue weighted by Crippen LogP contribution is -2.45. The van der Waals surface area contributed by atoms with Gasteiger partial charge in [0.25, 0.3) is 0 Å². The number of anilines is 1. The number of hydrogen-bond donors (Lipinski definition) is 0. The molecule has 6 heteroatoms. The topological polar surface area (TPSA) is 55.3 Å². The van der Waals surface area contributed by atoms with E-state index in [0.717, 1.165) is 36.5 Å². The van der Waals surface area contributed by atoms with Gasteiger partial charge in [0.2, 0.25) is 0 Å². The van der Waals surface area contributed by atoms with Gasteiger partial charge in [-0.05, 0) is 26.0 Å². The molecule has 2 aromatic heterocycles. The van der Waals surface area contributed by atoms with Crippen LogP contribution in [0.2, 0.25) is 0 Å². The van der Waals surface area contributed by atoms with Crippen molar-refractivity contribution >= 4 is 23.3 Å². The van der Waals surface area contributed by atoms with Crippen molar-refractivity contribution in [2.45, 2.75) is 26.1 Å². The van der Waals surface area contributed by atoms with E-state index >= 15 is 0 Å². The standard InChI is InChI=1S/C15H17N3O2S/c1-10-5-18(6-11(2)20-10)15-4-3-12(17-13(15)7-19)14-8-21-9-16-14/h3-4,7-11H,5-6H2,1-2H3. The molecule has 2 atom stereocenters. The summed E-state index contributed by atoms with van der Waals surface area (Å²) in [6, 6.07) is 3.87. The molecule has 0 amide bonds. The van der Waals surface area contributed by atoms with Gasteiger partial charge in [-0.2, -0.15) is 0 Å². The van der Waals surface area contributed by atoms with Crippen LogP contribution in [0.15, 0.2) is 23.0 Å². The van der Waals surface area contributed by atoms with E-state index < -0.39 is 0 Å². The maximum atomic E-state index is 11.4.